The maximum absolute atomic E-state index is 14.3. The molecule has 0 fully saturated rings. The second-order valence-electron chi connectivity index (χ2n) is 6.98. The summed E-state index contributed by atoms with van der Waals surface area (Å²) in [6.45, 7) is 1.69. The summed E-state index contributed by atoms with van der Waals surface area (Å²) in [5.74, 6) is -0.490. The number of halogens is 2. The number of carbonyl (C=O) groups excluding carboxylic acids is 1. The van der Waals surface area contributed by atoms with Crippen molar-refractivity contribution in [2.24, 2.45) is 4.99 Å². The van der Waals surface area contributed by atoms with Crippen LogP contribution in [-0.4, -0.2) is 24.8 Å². The van der Waals surface area contributed by atoms with Crippen molar-refractivity contribution < 1.29 is 18.7 Å². The van der Waals surface area contributed by atoms with Crippen molar-refractivity contribution in [1.82, 2.24) is 4.57 Å². The summed E-state index contributed by atoms with van der Waals surface area (Å²) < 4.78 is 26.2. The molecule has 164 valence electrons. The molecule has 1 atom stereocenters. The summed E-state index contributed by atoms with van der Waals surface area (Å²) in [5.41, 5.74) is 1.07. The third-order valence-electron chi connectivity index (χ3n) is 5.13. The van der Waals surface area contributed by atoms with Crippen molar-refractivity contribution >= 4 is 35.0 Å². The Hall–Kier alpha value is -3.23. The molecule has 2 aromatic carbocycles. The summed E-state index contributed by atoms with van der Waals surface area (Å²) in [5, 5.41) is 0.189. The average Bonchev–Trinajstić information content (AvgIpc) is 3.09. The second-order valence-corrected chi connectivity index (χ2v) is 8.40. The number of esters is 1. The van der Waals surface area contributed by atoms with E-state index in [0.29, 0.717) is 21.8 Å². The summed E-state index contributed by atoms with van der Waals surface area (Å²) in [4.78, 5) is 30.9. The standard InChI is InChI=1S/C23H18ClFN2O4S/c1-12-19(22(29)31-3)20(13-7-9-14(30-2)10-8-13)27-21(28)18(32-23(27)26-12)11-15-16(24)5-4-6-17(15)25/h4-11,20H,1-3H3/b18-11-/t20-/m1/s1. The highest BCUT2D eigenvalue weighted by Crippen LogP contribution is 2.31. The molecule has 0 saturated carbocycles. The first-order chi connectivity index (χ1) is 15.3. The van der Waals surface area contributed by atoms with E-state index in [4.69, 9.17) is 21.1 Å². The number of benzene rings is 2. The lowest BCUT2D eigenvalue weighted by molar-refractivity contribution is -0.136. The third-order valence-corrected chi connectivity index (χ3v) is 6.45. The number of hydrogen-bond acceptors (Lipinski definition) is 6. The van der Waals surface area contributed by atoms with Gasteiger partial charge in [-0.2, -0.15) is 0 Å². The predicted molar refractivity (Wildman–Crippen MR) is 120 cm³/mol. The van der Waals surface area contributed by atoms with Crippen molar-refractivity contribution in [3.8, 4) is 5.75 Å². The molecule has 0 N–H and O–H groups in total. The van der Waals surface area contributed by atoms with Crippen LogP contribution in [-0.2, 0) is 9.53 Å². The van der Waals surface area contributed by atoms with Crippen molar-refractivity contribution in [1.29, 1.82) is 0 Å². The van der Waals surface area contributed by atoms with E-state index in [-0.39, 0.29) is 20.7 Å². The van der Waals surface area contributed by atoms with Crippen LogP contribution in [0.25, 0.3) is 6.08 Å². The summed E-state index contributed by atoms with van der Waals surface area (Å²) in [6, 6.07) is 10.6. The quantitative estimate of drug-likeness (QED) is 0.547. The van der Waals surface area contributed by atoms with Crippen LogP contribution in [0, 0.1) is 5.82 Å². The average molecular weight is 473 g/mol. The summed E-state index contributed by atoms with van der Waals surface area (Å²) in [7, 11) is 2.83. The number of ether oxygens (including phenoxy) is 2. The van der Waals surface area contributed by atoms with E-state index in [1.807, 2.05) is 0 Å². The molecule has 1 aliphatic heterocycles. The normalized spacial score (nSPS) is 15.9. The first-order valence-electron chi connectivity index (χ1n) is 9.54. The monoisotopic (exact) mass is 472 g/mol. The van der Waals surface area contributed by atoms with Crippen molar-refractivity contribution in [2.75, 3.05) is 14.2 Å². The molecule has 2 heterocycles. The largest absolute Gasteiger partial charge is 0.497 e. The minimum Gasteiger partial charge on any atom is -0.497 e. The molecule has 0 aliphatic carbocycles. The topological polar surface area (TPSA) is 69.9 Å². The van der Waals surface area contributed by atoms with Crippen LogP contribution >= 0.6 is 22.9 Å². The number of methoxy groups -OCH3 is 2. The van der Waals surface area contributed by atoms with E-state index in [0.717, 1.165) is 11.3 Å². The molecule has 32 heavy (non-hydrogen) atoms. The van der Waals surface area contributed by atoms with Gasteiger partial charge in [0, 0.05) is 5.56 Å². The molecular weight excluding hydrogens is 455 g/mol. The zero-order valence-corrected chi connectivity index (χ0v) is 19.0. The van der Waals surface area contributed by atoms with Crippen LogP contribution in [0.2, 0.25) is 5.02 Å². The Morgan fingerprint density at radius 2 is 1.94 bits per heavy atom. The fourth-order valence-corrected chi connectivity index (χ4v) is 4.82. The highest BCUT2D eigenvalue weighted by Gasteiger charge is 2.33. The molecule has 3 aromatic rings. The maximum atomic E-state index is 14.3. The Morgan fingerprint density at radius 3 is 2.56 bits per heavy atom. The molecular formula is C23H18ClFN2O4S. The molecule has 4 rings (SSSR count). The lowest BCUT2D eigenvalue weighted by atomic mass is 9.96. The maximum Gasteiger partial charge on any atom is 0.338 e. The highest BCUT2D eigenvalue weighted by atomic mass is 35.5. The molecule has 1 aromatic heterocycles. The van der Waals surface area contributed by atoms with Gasteiger partial charge in [0.1, 0.15) is 11.6 Å². The van der Waals surface area contributed by atoms with Crippen LogP contribution < -0.4 is 19.6 Å². The van der Waals surface area contributed by atoms with E-state index < -0.39 is 23.4 Å². The Kier molecular flexibility index (Phi) is 5.99. The van der Waals surface area contributed by atoms with Gasteiger partial charge in [-0.15, -0.1) is 0 Å². The predicted octanol–water partition coefficient (Wildman–Crippen LogP) is 3.21. The highest BCUT2D eigenvalue weighted by molar-refractivity contribution is 7.07. The van der Waals surface area contributed by atoms with Gasteiger partial charge in [0.15, 0.2) is 4.80 Å². The van der Waals surface area contributed by atoms with Crippen molar-refractivity contribution in [3.63, 3.8) is 0 Å². The lowest BCUT2D eigenvalue weighted by Gasteiger charge is -2.24. The van der Waals surface area contributed by atoms with E-state index in [1.54, 1.807) is 44.4 Å². The molecule has 0 spiro atoms. The number of hydrogen-bond donors (Lipinski definition) is 0. The van der Waals surface area contributed by atoms with Gasteiger partial charge in [-0.05, 0) is 42.8 Å². The fraction of sp³-hybridized carbons (Fsp3) is 0.174. The Bertz CT molecular complexity index is 1400. The number of allylic oxidation sites excluding steroid dienone is 1. The van der Waals surface area contributed by atoms with Gasteiger partial charge in [0.2, 0.25) is 0 Å². The number of carbonyl (C=O) groups is 1. The molecule has 9 heteroatoms. The van der Waals surface area contributed by atoms with Crippen molar-refractivity contribution in [2.45, 2.75) is 13.0 Å². The van der Waals surface area contributed by atoms with E-state index >= 15 is 0 Å². The molecule has 0 amide bonds. The van der Waals surface area contributed by atoms with E-state index in [2.05, 4.69) is 4.99 Å². The first kappa shape index (κ1) is 22.0. The minimum atomic E-state index is -0.761. The molecule has 0 radical (unpaired) electrons. The number of aromatic nitrogens is 1. The summed E-state index contributed by atoms with van der Waals surface area (Å²) >= 11 is 7.24. The Labute approximate surface area is 191 Å². The fourth-order valence-electron chi connectivity index (χ4n) is 3.57. The Morgan fingerprint density at radius 1 is 1.22 bits per heavy atom. The van der Waals surface area contributed by atoms with E-state index in [1.165, 1.54) is 29.9 Å². The van der Waals surface area contributed by atoms with Crippen LogP contribution in [0.1, 0.15) is 24.1 Å². The van der Waals surface area contributed by atoms with Gasteiger partial charge in [-0.3, -0.25) is 9.36 Å². The van der Waals surface area contributed by atoms with Crippen molar-refractivity contribution in [3.05, 3.63) is 95.4 Å². The van der Waals surface area contributed by atoms with Crippen LogP contribution in [0.3, 0.4) is 0 Å². The number of nitrogens with zero attached hydrogens (tertiary/aromatic N) is 2. The molecule has 0 saturated heterocycles. The smallest absolute Gasteiger partial charge is 0.338 e. The van der Waals surface area contributed by atoms with Crippen LogP contribution in [0.15, 0.2) is 63.5 Å². The molecule has 0 bridgehead atoms. The zero-order chi connectivity index (χ0) is 23.0. The number of thiazole rings is 1. The zero-order valence-electron chi connectivity index (χ0n) is 17.4. The van der Waals surface area contributed by atoms with Gasteiger partial charge < -0.3 is 9.47 Å². The van der Waals surface area contributed by atoms with Crippen LogP contribution in [0.4, 0.5) is 4.39 Å². The van der Waals surface area contributed by atoms with Gasteiger partial charge in [-0.25, -0.2) is 14.2 Å². The molecule has 1 aliphatic rings. The molecule has 6 nitrogen and oxygen atoms in total. The molecule has 0 unspecified atom stereocenters. The van der Waals surface area contributed by atoms with Gasteiger partial charge in [0.05, 0.1) is 41.1 Å². The minimum absolute atomic E-state index is 0.115. The van der Waals surface area contributed by atoms with Crippen LogP contribution in [0.5, 0.6) is 5.75 Å². The van der Waals surface area contributed by atoms with E-state index in [9.17, 15) is 14.0 Å². The number of rotatable bonds is 4. The first-order valence-corrected chi connectivity index (χ1v) is 10.7. The van der Waals surface area contributed by atoms with Gasteiger partial charge in [-0.1, -0.05) is 41.1 Å². The third kappa shape index (κ3) is 3.76. The lowest BCUT2D eigenvalue weighted by Crippen LogP contribution is -2.39. The summed E-state index contributed by atoms with van der Waals surface area (Å²) in [6.07, 6.45) is 1.41. The number of fused-ring (bicyclic) bond motifs is 1. The van der Waals surface area contributed by atoms with Gasteiger partial charge in [0.25, 0.3) is 5.56 Å². The SMILES string of the molecule is COC(=O)C1=C(C)N=c2s/c(=C\c3c(F)cccc3Cl)c(=O)n2[C@@H]1c1ccc(OC)cc1. The second kappa shape index (κ2) is 8.72. The Balaban J connectivity index is 1.99. The van der Waals surface area contributed by atoms with Gasteiger partial charge >= 0.3 is 5.97 Å².